The molecule has 1 heterocycles. The predicted octanol–water partition coefficient (Wildman–Crippen LogP) is 5.03. The van der Waals surface area contributed by atoms with Crippen molar-refractivity contribution in [3.8, 4) is 0 Å². The first-order chi connectivity index (χ1) is 10.3. The second-order valence-electron chi connectivity index (χ2n) is 6.76. The van der Waals surface area contributed by atoms with E-state index in [-0.39, 0.29) is 0 Å². The molecule has 1 N–H and O–H groups in total. The Morgan fingerprint density at radius 2 is 1.86 bits per heavy atom. The third-order valence-corrected chi connectivity index (χ3v) is 4.74. The van der Waals surface area contributed by atoms with Gasteiger partial charge in [0.05, 0.1) is 5.52 Å². The van der Waals surface area contributed by atoms with E-state index in [0.29, 0.717) is 12.1 Å². The summed E-state index contributed by atoms with van der Waals surface area (Å²) in [5.41, 5.74) is 2.90. The highest BCUT2D eigenvalue weighted by Gasteiger charge is 2.17. The summed E-state index contributed by atoms with van der Waals surface area (Å²) in [5, 5.41) is 4.96. The van der Waals surface area contributed by atoms with Crippen LogP contribution in [0.25, 0.3) is 10.9 Å². The van der Waals surface area contributed by atoms with E-state index in [2.05, 4.69) is 54.2 Å². The second-order valence-corrected chi connectivity index (χ2v) is 6.76. The van der Waals surface area contributed by atoms with Gasteiger partial charge in [-0.1, -0.05) is 57.7 Å². The zero-order valence-electron chi connectivity index (χ0n) is 13.4. The molecular formula is C19H28N2. The SMILES string of the molecule is CC(C)NCc1cccc2ccn(C3CCCCCC3)c12. The molecule has 0 spiro atoms. The molecule has 21 heavy (non-hydrogen) atoms. The van der Waals surface area contributed by atoms with Gasteiger partial charge in [-0.15, -0.1) is 0 Å². The molecule has 3 rings (SSSR count). The van der Waals surface area contributed by atoms with Gasteiger partial charge in [-0.05, 0) is 29.9 Å². The minimum atomic E-state index is 0.529. The van der Waals surface area contributed by atoms with Crippen LogP contribution in [0.3, 0.4) is 0 Å². The van der Waals surface area contributed by atoms with Crippen LogP contribution in [0.4, 0.5) is 0 Å². The molecule has 1 fully saturated rings. The third-order valence-electron chi connectivity index (χ3n) is 4.74. The van der Waals surface area contributed by atoms with Crippen LogP contribution in [-0.2, 0) is 6.54 Å². The number of nitrogens with one attached hydrogen (secondary N) is 1. The van der Waals surface area contributed by atoms with Crippen LogP contribution in [0.2, 0.25) is 0 Å². The summed E-state index contributed by atoms with van der Waals surface area (Å²) in [6.07, 6.45) is 10.6. The Labute approximate surface area is 128 Å². The molecule has 2 heteroatoms. The monoisotopic (exact) mass is 284 g/mol. The summed E-state index contributed by atoms with van der Waals surface area (Å²) < 4.78 is 2.57. The largest absolute Gasteiger partial charge is 0.344 e. The number of benzene rings is 1. The van der Waals surface area contributed by atoms with Crippen molar-refractivity contribution < 1.29 is 0 Å². The lowest BCUT2D eigenvalue weighted by Gasteiger charge is -2.20. The fourth-order valence-corrected chi connectivity index (χ4v) is 3.59. The average Bonchev–Trinajstić information content (AvgIpc) is 2.73. The molecule has 0 aliphatic heterocycles. The topological polar surface area (TPSA) is 17.0 Å². The van der Waals surface area contributed by atoms with Gasteiger partial charge in [0.25, 0.3) is 0 Å². The lowest BCUT2D eigenvalue weighted by atomic mass is 10.1. The molecule has 1 aromatic carbocycles. The first-order valence-electron chi connectivity index (χ1n) is 8.57. The van der Waals surface area contributed by atoms with Crippen LogP contribution in [0.1, 0.15) is 64.0 Å². The third kappa shape index (κ3) is 3.32. The van der Waals surface area contributed by atoms with E-state index in [1.165, 1.54) is 55.0 Å². The summed E-state index contributed by atoms with van der Waals surface area (Å²) in [7, 11) is 0. The van der Waals surface area contributed by atoms with Crippen LogP contribution >= 0.6 is 0 Å². The van der Waals surface area contributed by atoms with E-state index in [4.69, 9.17) is 0 Å². The van der Waals surface area contributed by atoms with Crippen LogP contribution in [0.15, 0.2) is 30.5 Å². The van der Waals surface area contributed by atoms with E-state index in [1.54, 1.807) is 0 Å². The van der Waals surface area contributed by atoms with E-state index < -0.39 is 0 Å². The van der Waals surface area contributed by atoms with Gasteiger partial charge in [-0.3, -0.25) is 0 Å². The van der Waals surface area contributed by atoms with Crippen molar-refractivity contribution in [2.45, 2.75) is 71.0 Å². The van der Waals surface area contributed by atoms with Crippen molar-refractivity contribution in [1.82, 2.24) is 9.88 Å². The van der Waals surface area contributed by atoms with E-state index in [9.17, 15) is 0 Å². The van der Waals surface area contributed by atoms with Gasteiger partial charge >= 0.3 is 0 Å². The summed E-state index contributed by atoms with van der Waals surface area (Å²) >= 11 is 0. The van der Waals surface area contributed by atoms with Gasteiger partial charge in [0.1, 0.15) is 0 Å². The predicted molar refractivity (Wildman–Crippen MR) is 90.7 cm³/mol. The second kappa shape index (κ2) is 6.65. The quantitative estimate of drug-likeness (QED) is 0.779. The average molecular weight is 284 g/mol. The van der Waals surface area contributed by atoms with Crippen molar-refractivity contribution in [2.75, 3.05) is 0 Å². The zero-order valence-corrected chi connectivity index (χ0v) is 13.4. The number of fused-ring (bicyclic) bond motifs is 1. The summed E-state index contributed by atoms with van der Waals surface area (Å²) in [6, 6.07) is 10.2. The van der Waals surface area contributed by atoms with Crippen LogP contribution in [0, 0.1) is 0 Å². The molecule has 0 atom stereocenters. The highest BCUT2D eigenvalue weighted by Crippen LogP contribution is 2.32. The molecule has 114 valence electrons. The molecule has 0 bridgehead atoms. The lowest BCUT2D eigenvalue weighted by Crippen LogP contribution is -2.22. The number of para-hydroxylation sites is 1. The molecule has 0 amide bonds. The highest BCUT2D eigenvalue weighted by molar-refractivity contribution is 5.83. The molecule has 0 radical (unpaired) electrons. The van der Waals surface area contributed by atoms with E-state index >= 15 is 0 Å². The van der Waals surface area contributed by atoms with Crippen molar-refractivity contribution in [3.05, 3.63) is 36.0 Å². The summed E-state index contributed by atoms with van der Waals surface area (Å²) in [5.74, 6) is 0. The molecule has 0 saturated heterocycles. The number of hydrogen-bond donors (Lipinski definition) is 1. The van der Waals surface area contributed by atoms with Crippen LogP contribution < -0.4 is 5.32 Å². The fraction of sp³-hybridized carbons (Fsp3) is 0.579. The minimum absolute atomic E-state index is 0.529. The maximum absolute atomic E-state index is 3.57. The Hall–Kier alpha value is -1.28. The van der Waals surface area contributed by atoms with Crippen molar-refractivity contribution in [1.29, 1.82) is 0 Å². The minimum Gasteiger partial charge on any atom is -0.344 e. The van der Waals surface area contributed by atoms with E-state index in [0.717, 1.165) is 6.54 Å². The molecule has 0 unspecified atom stereocenters. The Morgan fingerprint density at radius 1 is 1.10 bits per heavy atom. The smallest absolute Gasteiger partial charge is 0.0528 e. The van der Waals surface area contributed by atoms with Gasteiger partial charge in [0, 0.05) is 24.8 Å². The first-order valence-corrected chi connectivity index (χ1v) is 8.57. The van der Waals surface area contributed by atoms with Crippen molar-refractivity contribution in [2.24, 2.45) is 0 Å². The standard InChI is InChI=1S/C19H28N2/c1-15(2)20-14-17-9-7-8-16-12-13-21(19(16)17)18-10-5-3-4-6-11-18/h7-9,12-13,15,18,20H,3-6,10-11,14H2,1-2H3. The van der Waals surface area contributed by atoms with Crippen molar-refractivity contribution >= 4 is 10.9 Å². The van der Waals surface area contributed by atoms with Gasteiger partial charge in [-0.25, -0.2) is 0 Å². The lowest BCUT2D eigenvalue weighted by molar-refractivity contribution is 0.455. The van der Waals surface area contributed by atoms with E-state index in [1.807, 2.05) is 0 Å². The van der Waals surface area contributed by atoms with Gasteiger partial charge in [0.15, 0.2) is 0 Å². The van der Waals surface area contributed by atoms with Gasteiger partial charge in [-0.2, -0.15) is 0 Å². The molecular weight excluding hydrogens is 256 g/mol. The molecule has 1 saturated carbocycles. The normalized spacial score (nSPS) is 17.5. The van der Waals surface area contributed by atoms with Gasteiger partial charge < -0.3 is 9.88 Å². The van der Waals surface area contributed by atoms with Crippen LogP contribution in [0.5, 0.6) is 0 Å². The Bertz CT molecular complexity index is 574. The summed E-state index contributed by atoms with van der Waals surface area (Å²) in [6.45, 7) is 5.39. The Morgan fingerprint density at radius 3 is 2.57 bits per heavy atom. The number of hydrogen-bond acceptors (Lipinski definition) is 1. The molecule has 1 aromatic heterocycles. The molecule has 2 aromatic rings. The Balaban J connectivity index is 1.94. The van der Waals surface area contributed by atoms with Crippen molar-refractivity contribution in [3.63, 3.8) is 0 Å². The maximum atomic E-state index is 3.57. The zero-order chi connectivity index (χ0) is 14.7. The molecule has 2 nitrogen and oxygen atoms in total. The van der Waals surface area contributed by atoms with Gasteiger partial charge in [0.2, 0.25) is 0 Å². The molecule has 1 aliphatic carbocycles. The molecule has 1 aliphatic rings. The fourth-order valence-electron chi connectivity index (χ4n) is 3.59. The summed E-state index contributed by atoms with van der Waals surface area (Å²) in [4.78, 5) is 0. The number of nitrogens with zero attached hydrogens (tertiary/aromatic N) is 1. The Kier molecular flexibility index (Phi) is 4.64. The number of aromatic nitrogens is 1. The van der Waals surface area contributed by atoms with Crippen LogP contribution in [-0.4, -0.2) is 10.6 Å². The number of rotatable bonds is 4. The maximum Gasteiger partial charge on any atom is 0.0528 e. The highest BCUT2D eigenvalue weighted by atomic mass is 15.0. The first kappa shape index (κ1) is 14.6.